The van der Waals surface area contributed by atoms with Crippen molar-refractivity contribution in [3.05, 3.63) is 46.2 Å². The molecule has 3 aliphatic rings. The molecule has 0 spiro atoms. The van der Waals surface area contributed by atoms with Crippen LogP contribution in [0.25, 0.3) is 0 Å². The van der Waals surface area contributed by atoms with E-state index in [-0.39, 0.29) is 11.7 Å². The molecule has 3 rings (SSSR count). The first-order valence-corrected chi connectivity index (χ1v) is 7.38. The zero-order valence-corrected chi connectivity index (χ0v) is 12.7. The van der Waals surface area contributed by atoms with Crippen molar-refractivity contribution in [3.8, 4) is 0 Å². The quantitative estimate of drug-likeness (QED) is 0.742. The molecule has 4 heteroatoms. The van der Waals surface area contributed by atoms with E-state index in [2.05, 4.69) is 13.0 Å². The van der Waals surface area contributed by atoms with Crippen LogP contribution in [0.3, 0.4) is 0 Å². The topological polar surface area (TPSA) is 46.6 Å². The monoisotopic (exact) mass is 285 g/mol. The summed E-state index contributed by atoms with van der Waals surface area (Å²) >= 11 is 0. The van der Waals surface area contributed by atoms with Gasteiger partial charge in [0, 0.05) is 25.3 Å². The number of carbonyl (C=O) groups excluding carboxylic acids is 2. The van der Waals surface area contributed by atoms with Crippen molar-refractivity contribution in [1.82, 2.24) is 4.90 Å². The second-order valence-electron chi connectivity index (χ2n) is 5.59. The maximum absolute atomic E-state index is 12.2. The molecule has 2 aliphatic carbocycles. The molecule has 0 fully saturated rings. The van der Waals surface area contributed by atoms with Gasteiger partial charge in [0.25, 0.3) is 0 Å². The van der Waals surface area contributed by atoms with Gasteiger partial charge in [-0.15, -0.1) is 0 Å². The van der Waals surface area contributed by atoms with Gasteiger partial charge in [-0.05, 0) is 31.9 Å². The average molecular weight is 285 g/mol. The van der Waals surface area contributed by atoms with Gasteiger partial charge in [0.1, 0.15) is 5.76 Å². The maximum Gasteiger partial charge on any atom is 0.228 e. The van der Waals surface area contributed by atoms with Gasteiger partial charge in [-0.3, -0.25) is 14.5 Å². The summed E-state index contributed by atoms with van der Waals surface area (Å²) in [6.45, 7) is 5.44. The van der Waals surface area contributed by atoms with Gasteiger partial charge in [0.2, 0.25) is 5.91 Å². The van der Waals surface area contributed by atoms with E-state index in [0.29, 0.717) is 23.5 Å². The number of Topliss-reactive ketones (excluding diaryl/α,β-unsaturated/α-hetero) is 1. The highest BCUT2D eigenvalue weighted by molar-refractivity contribution is 5.99. The van der Waals surface area contributed by atoms with E-state index in [1.807, 2.05) is 0 Å². The van der Waals surface area contributed by atoms with E-state index in [9.17, 15) is 9.59 Å². The van der Waals surface area contributed by atoms with E-state index in [4.69, 9.17) is 4.74 Å². The predicted molar refractivity (Wildman–Crippen MR) is 78.6 cm³/mol. The number of nitrogens with zero attached hydrogens (tertiary/aromatic N) is 1. The summed E-state index contributed by atoms with van der Waals surface area (Å²) in [4.78, 5) is 25.7. The van der Waals surface area contributed by atoms with Crippen LogP contribution < -0.4 is 0 Å². The molecular weight excluding hydrogens is 266 g/mol. The summed E-state index contributed by atoms with van der Waals surface area (Å²) in [7, 11) is 0. The molecule has 110 valence electrons. The van der Waals surface area contributed by atoms with Crippen molar-refractivity contribution in [1.29, 1.82) is 0 Å². The molecule has 0 aromatic carbocycles. The van der Waals surface area contributed by atoms with Crippen molar-refractivity contribution in [2.75, 3.05) is 0 Å². The molecule has 1 aliphatic heterocycles. The first-order valence-electron chi connectivity index (χ1n) is 7.38. The second-order valence-corrected chi connectivity index (χ2v) is 5.59. The van der Waals surface area contributed by atoms with E-state index >= 15 is 0 Å². The van der Waals surface area contributed by atoms with Crippen molar-refractivity contribution < 1.29 is 14.3 Å². The minimum atomic E-state index is -0.0506. The van der Waals surface area contributed by atoms with Gasteiger partial charge < -0.3 is 4.74 Å². The van der Waals surface area contributed by atoms with Gasteiger partial charge in [-0.1, -0.05) is 12.5 Å². The number of fused-ring (bicyclic) bond motifs is 1. The van der Waals surface area contributed by atoms with Crippen LogP contribution in [-0.2, 0) is 14.3 Å². The van der Waals surface area contributed by atoms with E-state index in [1.54, 1.807) is 24.8 Å². The summed E-state index contributed by atoms with van der Waals surface area (Å²) in [5.41, 5.74) is 3.48. The van der Waals surface area contributed by atoms with Gasteiger partial charge in [-0.25, -0.2) is 0 Å². The van der Waals surface area contributed by atoms with Crippen molar-refractivity contribution in [2.24, 2.45) is 0 Å². The highest BCUT2D eigenvalue weighted by atomic mass is 16.5. The van der Waals surface area contributed by atoms with Gasteiger partial charge in [0.05, 0.1) is 11.4 Å². The third-order valence-corrected chi connectivity index (χ3v) is 4.25. The van der Waals surface area contributed by atoms with Crippen molar-refractivity contribution in [3.63, 3.8) is 0 Å². The summed E-state index contributed by atoms with van der Waals surface area (Å²) < 4.78 is 5.98. The minimum Gasteiger partial charge on any atom is -0.457 e. The number of ketones is 1. The van der Waals surface area contributed by atoms with Crippen LogP contribution in [0.15, 0.2) is 46.2 Å². The Morgan fingerprint density at radius 2 is 2.14 bits per heavy atom. The number of allylic oxidation sites excluding steroid dienone is 5. The predicted octanol–water partition coefficient (Wildman–Crippen LogP) is 3.34. The Morgan fingerprint density at radius 3 is 2.81 bits per heavy atom. The lowest BCUT2D eigenvalue weighted by molar-refractivity contribution is -0.126. The van der Waals surface area contributed by atoms with Crippen LogP contribution in [0.2, 0.25) is 0 Å². The van der Waals surface area contributed by atoms with Crippen LogP contribution >= 0.6 is 0 Å². The fraction of sp³-hybridized carbons (Fsp3) is 0.412. The molecule has 0 radical (unpaired) electrons. The van der Waals surface area contributed by atoms with Gasteiger partial charge >= 0.3 is 0 Å². The molecule has 0 aromatic heterocycles. The summed E-state index contributed by atoms with van der Waals surface area (Å²) in [5.74, 6) is 1.35. The van der Waals surface area contributed by atoms with Gasteiger partial charge in [0.15, 0.2) is 11.5 Å². The lowest BCUT2D eigenvalue weighted by Crippen LogP contribution is -2.36. The van der Waals surface area contributed by atoms with E-state index < -0.39 is 0 Å². The Kier molecular flexibility index (Phi) is 3.32. The summed E-state index contributed by atoms with van der Waals surface area (Å²) in [6.07, 6.45) is 6.87. The molecule has 4 nitrogen and oxygen atoms in total. The number of hydrogen-bond donors (Lipinski definition) is 0. The highest BCUT2D eigenvalue weighted by Crippen LogP contribution is 2.41. The minimum absolute atomic E-state index is 0.0506. The molecule has 0 N–H and O–H groups in total. The fourth-order valence-electron chi connectivity index (χ4n) is 2.99. The summed E-state index contributed by atoms with van der Waals surface area (Å²) in [6, 6.07) is 0. The number of carbonyl (C=O) groups is 2. The Morgan fingerprint density at radius 1 is 1.38 bits per heavy atom. The number of hydrogen-bond acceptors (Lipinski definition) is 3. The van der Waals surface area contributed by atoms with E-state index in [0.717, 1.165) is 30.7 Å². The Bertz CT molecular complexity index is 662. The third kappa shape index (κ3) is 2.15. The number of ether oxygens (including phenoxy) is 1. The lowest BCUT2D eigenvalue weighted by atomic mass is 9.94. The molecule has 0 atom stereocenters. The van der Waals surface area contributed by atoms with Crippen LogP contribution in [0.1, 0.15) is 46.5 Å². The highest BCUT2D eigenvalue weighted by Gasteiger charge is 2.36. The maximum atomic E-state index is 12.2. The molecule has 0 saturated carbocycles. The second kappa shape index (κ2) is 5.02. The fourth-order valence-corrected chi connectivity index (χ4v) is 2.99. The molecule has 0 unspecified atom stereocenters. The molecule has 0 bridgehead atoms. The largest absolute Gasteiger partial charge is 0.457 e. The zero-order chi connectivity index (χ0) is 15.1. The van der Waals surface area contributed by atoms with Crippen molar-refractivity contribution in [2.45, 2.75) is 46.5 Å². The van der Waals surface area contributed by atoms with Crippen LogP contribution in [-0.4, -0.2) is 16.6 Å². The summed E-state index contributed by atoms with van der Waals surface area (Å²) in [5, 5.41) is 0. The lowest BCUT2D eigenvalue weighted by Gasteiger charge is -2.37. The molecule has 0 aromatic rings. The zero-order valence-electron chi connectivity index (χ0n) is 12.7. The molecule has 1 amide bonds. The smallest absolute Gasteiger partial charge is 0.228 e. The number of rotatable bonds is 1. The molecule has 0 saturated heterocycles. The van der Waals surface area contributed by atoms with Gasteiger partial charge in [-0.2, -0.15) is 0 Å². The molecule has 21 heavy (non-hydrogen) atoms. The number of amides is 1. The van der Waals surface area contributed by atoms with E-state index in [1.165, 1.54) is 5.57 Å². The third-order valence-electron chi connectivity index (χ3n) is 4.25. The Labute approximate surface area is 124 Å². The first kappa shape index (κ1) is 13.9. The standard InChI is InChI=1S/C17H19NO3/c1-4-12-5-8-16-14(9-12)18(11(3)19)13-6-7-15(20)10(2)17(13)21-16/h6,9H,4-5,7-8H2,1-3H3. The Hall–Kier alpha value is -2.10. The van der Waals surface area contributed by atoms with Crippen molar-refractivity contribution >= 4 is 11.7 Å². The molecular formula is C17H19NO3. The Balaban J connectivity index is 2.16. The molecule has 1 heterocycles. The SMILES string of the molecule is CCC1=CC2=C(CC1)OC1=C(C)C(=O)CC=C1N2C(C)=O. The first-order chi connectivity index (χ1) is 10.0. The van der Waals surface area contributed by atoms with Crippen LogP contribution in [0.5, 0.6) is 0 Å². The van der Waals surface area contributed by atoms with Crippen LogP contribution in [0, 0.1) is 0 Å². The average Bonchev–Trinajstić information content (AvgIpc) is 2.48. The van der Waals surface area contributed by atoms with Crippen LogP contribution in [0.4, 0.5) is 0 Å². The normalized spacial score (nSPS) is 21.5.